The smallest absolute Gasteiger partial charge is 0.0711 e. The Morgan fingerprint density at radius 2 is 2.27 bits per heavy atom. The second-order valence-corrected chi connectivity index (χ2v) is 4.84. The number of aromatic nitrogens is 2. The molecule has 0 aliphatic carbocycles. The minimum atomic E-state index is 0.133. The van der Waals surface area contributed by atoms with Crippen molar-refractivity contribution in [2.75, 3.05) is 0 Å². The van der Waals surface area contributed by atoms with Crippen LogP contribution in [0.5, 0.6) is 0 Å². The van der Waals surface area contributed by atoms with E-state index in [1.807, 2.05) is 10.9 Å². The molecular formula is C10H19BrN4. The molecule has 3 N–H and O–H groups in total. The number of nitrogens with two attached hydrogens (primary N) is 1. The van der Waals surface area contributed by atoms with Crippen LogP contribution in [0.3, 0.4) is 0 Å². The lowest BCUT2D eigenvalue weighted by molar-refractivity contribution is 0.386. The van der Waals surface area contributed by atoms with Crippen LogP contribution in [0.2, 0.25) is 0 Å². The molecule has 0 amide bonds. The molecular weight excluding hydrogens is 256 g/mol. The molecule has 15 heavy (non-hydrogen) atoms. The van der Waals surface area contributed by atoms with Crippen LogP contribution in [0.15, 0.2) is 10.7 Å². The van der Waals surface area contributed by atoms with Crippen molar-refractivity contribution in [2.24, 2.45) is 11.8 Å². The first-order valence-corrected chi connectivity index (χ1v) is 6.08. The van der Waals surface area contributed by atoms with Gasteiger partial charge >= 0.3 is 0 Å². The maximum Gasteiger partial charge on any atom is 0.0711 e. The van der Waals surface area contributed by atoms with Crippen molar-refractivity contribution in [3.63, 3.8) is 0 Å². The van der Waals surface area contributed by atoms with Gasteiger partial charge in [-0.2, -0.15) is 5.10 Å². The second kappa shape index (κ2) is 5.63. The lowest BCUT2D eigenvalue weighted by atomic mass is 10.0. The number of aryl methyl sites for hydroxylation is 1. The van der Waals surface area contributed by atoms with E-state index in [0.717, 1.165) is 23.1 Å². The first-order chi connectivity index (χ1) is 7.11. The van der Waals surface area contributed by atoms with Gasteiger partial charge in [-0.15, -0.1) is 0 Å². The number of nitrogens with one attached hydrogen (secondary N) is 1. The van der Waals surface area contributed by atoms with Gasteiger partial charge in [-0.25, -0.2) is 0 Å². The summed E-state index contributed by atoms with van der Waals surface area (Å²) in [4.78, 5) is 0. The summed E-state index contributed by atoms with van der Waals surface area (Å²) in [6.07, 6.45) is 2.90. The first-order valence-electron chi connectivity index (χ1n) is 5.29. The quantitative estimate of drug-likeness (QED) is 0.640. The lowest BCUT2D eigenvalue weighted by Gasteiger charge is -2.21. The maximum atomic E-state index is 5.59. The number of hydrogen-bond acceptors (Lipinski definition) is 3. The fraction of sp³-hybridized carbons (Fsp3) is 0.700. The molecule has 0 fully saturated rings. The molecule has 1 heterocycles. The highest BCUT2D eigenvalue weighted by molar-refractivity contribution is 9.10. The molecule has 0 aromatic carbocycles. The molecule has 0 bridgehead atoms. The highest BCUT2D eigenvalue weighted by Gasteiger charge is 2.21. The molecule has 0 saturated carbocycles. The third kappa shape index (κ3) is 2.80. The predicted molar refractivity (Wildman–Crippen MR) is 65.1 cm³/mol. The molecule has 5 heteroatoms. The third-order valence-electron chi connectivity index (χ3n) is 2.41. The van der Waals surface area contributed by atoms with Crippen molar-refractivity contribution in [2.45, 2.75) is 39.8 Å². The summed E-state index contributed by atoms with van der Waals surface area (Å²) in [5.74, 6) is 6.02. The Bertz CT molecular complexity index is 308. The minimum Gasteiger partial charge on any atom is -0.271 e. The molecule has 0 saturated heterocycles. The lowest BCUT2D eigenvalue weighted by Crippen LogP contribution is -2.33. The van der Waals surface area contributed by atoms with Gasteiger partial charge in [-0.1, -0.05) is 20.8 Å². The normalized spacial score (nSPS) is 13.5. The van der Waals surface area contributed by atoms with E-state index < -0.39 is 0 Å². The van der Waals surface area contributed by atoms with E-state index in [9.17, 15) is 0 Å². The van der Waals surface area contributed by atoms with Crippen LogP contribution < -0.4 is 11.3 Å². The van der Waals surface area contributed by atoms with Gasteiger partial charge in [0.15, 0.2) is 0 Å². The van der Waals surface area contributed by atoms with E-state index in [1.54, 1.807) is 0 Å². The Morgan fingerprint density at radius 3 is 2.73 bits per heavy atom. The van der Waals surface area contributed by atoms with Crippen LogP contribution in [0, 0.1) is 5.92 Å². The van der Waals surface area contributed by atoms with Crippen LogP contribution in [0.1, 0.15) is 38.9 Å². The Morgan fingerprint density at radius 1 is 1.60 bits per heavy atom. The maximum absolute atomic E-state index is 5.59. The average Bonchev–Trinajstić information content (AvgIpc) is 2.51. The van der Waals surface area contributed by atoms with Crippen molar-refractivity contribution < 1.29 is 0 Å². The van der Waals surface area contributed by atoms with Crippen molar-refractivity contribution in [1.29, 1.82) is 0 Å². The topological polar surface area (TPSA) is 55.9 Å². The monoisotopic (exact) mass is 274 g/mol. The highest BCUT2D eigenvalue weighted by Crippen LogP contribution is 2.27. The molecule has 0 radical (unpaired) electrons. The summed E-state index contributed by atoms with van der Waals surface area (Å²) in [5.41, 5.74) is 3.99. The minimum absolute atomic E-state index is 0.133. The summed E-state index contributed by atoms with van der Waals surface area (Å²) < 4.78 is 3.03. The summed E-state index contributed by atoms with van der Waals surface area (Å²) in [5, 5.41) is 4.33. The van der Waals surface area contributed by atoms with E-state index in [1.165, 1.54) is 0 Å². The molecule has 0 aliphatic heterocycles. The largest absolute Gasteiger partial charge is 0.271 e. The van der Waals surface area contributed by atoms with Gasteiger partial charge in [-0.3, -0.25) is 16.0 Å². The summed E-state index contributed by atoms with van der Waals surface area (Å²) in [6, 6.07) is 0.133. The number of nitrogens with zero attached hydrogens (tertiary/aromatic N) is 2. The summed E-state index contributed by atoms with van der Waals surface area (Å²) in [7, 11) is 0. The van der Waals surface area contributed by atoms with E-state index in [4.69, 9.17) is 5.84 Å². The third-order valence-corrected chi connectivity index (χ3v) is 3.02. The van der Waals surface area contributed by atoms with Crippen LogP contribution >= 0.6 is 15.9 Å². The van der Waals surface area contributed by atoms with Gasteiger partial charge in [0.2, 0.25) is 0 Å². The van der Waals surface area contributed by atoms with E-state index in [2.05, 4.69) is 47.2 Å². The van der Waals surface area contributed by atoms with Crippen LogP contribution in [0.4, 0.5) is 0 Å². The van der Waals surface area contributed by atoms with Gasteiger partial charge in [0.25, 0.3) is 0 Å². The molecule has 86 valence electrons. The Balaban J connectivity index is 3.03. The van der Waals surface area contributed by atoms with Gasteiger partial charge in [0, 0.05) is 6.54 Å². The first kappa shape index (κ1) is 12.7. The Labute approximate surface area is 99.3 Å². The SMILES string of the molecule is CCCn1ncc(Br)c1C(NN)C(C)C. The fourth-order valence-corrected chi connectivity index (χ4v) is 2.20. The average molecular weight is 275 g/mol. The van der Waals surface area contributed by atoms with Crippen LogP contribution in [-0.2, 0) is 6.54 Å². The standard InChI is InChI=1S/C10H19BrN4/c1-4-5-15-10(8(11)6-13-15)9(14-12)7(2)3/h6-7,9,14H,4-5,12H2,1-3H3. The van der Waals surface area contributed by atoms with Crippen molar-refractivity contribution >= 4 is 15.9 Å². The second-order valence-electron chi connectivity index (χ2n) is 3.99. The molecule has 1 rings (SSSR count). The molecule has 0 aliphatic rings. The predicted octanol–water partition coefficient (Wildman–Crippen LogP) is 2.22. The van der Waals surface area contributed by atoms with E-state index in [0.29, 0.717) is 5.92 Å². The zero-order valence-corrected chi connectivity index (χ0v) is 11.1. The Kier molecular flexibility index (Phi) is 4.76. The summed E-state index contributed by atoms with van der Waals surface area (Å²) in [6.45, 7) is 7.34. The molecule has 0 spiro atoms. The van der Waals surface area contributed by atoms with Gasteiger partial charge in [-0.05, 0) is 28.3 Å². The number of hydrazine groups is 1. The van der Waals surface area contributed by atoms with E-state index in [-0.39, 0.29) is 6.04 Å². The molecule has 4 nitrogen and oxygen atoms in total. The van der Waals surface area contributed by atoms with Crippen molar-refractivity contribution in [3.8, 4) is 0 Å². The van der Waals surface area contributed by atoms with Gasteiger partial charge < -0.3 is 0 Å². The van der Waals surface area contributed by atoms with Gasteiger partial charge in [0.05, 0.1) is 22.4 Å². The highest BCUT2D eigenvalue weighted by atomic mass is 79.9. The molecule has 1 aromatic rings. The number of hydrogen-bond donors (Lipinski definition) is 2. The van der Waals surface area contributed by atoms with Gasteiger partial charge in [0.1, 0.15) is 0 Å². The Hall–Kier alpha value is -0.390. The van der Waals surface area contributed by atoms with Crippen LogP contribution in [-0.4, -0.2) is 9.78 Å². The zero-order chi connectivity index (χ0) is 11.4. The van der Waals surface area contributed by atoms with Crippen molar-refractivity contribution in [3.05, 3.63) is 16.4 Å². The van der Waals surface area contributed by atoms with Crippen LogP contribution in [0.25, 0.3) is 0 Å². The number of halogens is 1. The fourth-order valence-electron chi connectivity index (χ4n) is 1.66. The molecule has 1 atom stereocenters. The molecule has 1 unspecified atom stereocenters. The zero-order valence-electron chi connectivity index (χ0n) is 9.50. The van der Waals surface area contributed by atoms with Crippen molar-refractivity contribution in [1.82, 2.24) is 15.2 Å². The summed E-state index contributed by atoms with van der Waals surface area (Å²) >= 11 is 3.52. The van der Waals surface area contributed by atoms with E-state index >= 15 is 0 Å². The number of rotatable bonds is 5. The molecule has 1 aromatic heterocycles.